The van der Waals surface area contributed by atoms with Gasteiger partial charge in [0.05, 0.1) is 6.16 Å². The van der Waals surface area contributed by atoms with Crippen LogP contribution in [0.4, 0.5) is 4.79 Å². The molecule has 0 unspecified atom stereocenters. The molecular weight excluding hydrogens is 560 g/mol. The van der Waals surface area contributed by atoms with Crippen LogP contribution < -0.4 is 45.2 Å². The molecular formula is C27H31INO4P. The number of nitrogens with one attached hydrogen (secondary N) is 1. The highest BCUT2D eigenvalue weighted by molar-refractivity contribution is 7.95. The molecule has 180 valence electrons. The number of carbonyl (C=O) groups is 2. The second-order valence-corrected chi connectivity index (χ2v) is 12.5. The Kier molecular flexibility index (Phi) is 10.1. The van der Waals surface area contributed by atoms with E-state index in [1.54, 1.807) is 20.8 Å². The van der Waals surface area contributed by atoms with Crippen molar-refractivity contribution in [3.05, 3.63) is 91.0 Å². The number of amides is 1. The zero-order valence-corrected chi connectivity index (χ0v) is 22.7. The fourth-order valence-electron chi connectivity index (χ4n) is 3.91. The van der Waals surface area contributed by atoms with Crippen molar-refractivity contribution in [1.82, 2.24) is 5.32 Å². The van der Waals surface area contributed by atoms with Gasteiger partial charge < -0.3 is 39.1 Å². The normalized spacial score (nSPS) is 12.2. The molecule has 0 spiro atoms. The molecule has 1 amide bonds. The van der Waals surface area contributed by atoms with Crippen molar-refractivity contribution >= 4 is 35.2 Å². The number of hydrogen-bond donors (Lipinski definition) is 2. The molecule has 0 fully saturated rings. The third-order valence-electron chi connectivity index (χ3n) is 5.33. The van der Waals surface area contributed by atoms with Crippen LogP contribution in [0.5, 0.6) is 0 Å². The van der Waals surface area contributed by atoms with Crippen molar-refractivity contribution in [3.63, 3.8) is 0 Å². The van der Waals surface area contributed by atoms with Crippen LogP contribution in [0.3, 0.4) is 0 Å². The smallest absolute Gasteiger partial charge is 0.408 e. The first kappa shape index (κ1) is 27.8. The molecule has 3 rings (SSSR count). The van der Waals surface area contributed by atoms with Crippen LogP contribution in [0.25, 0.3) is 0 Å². The van der Waals surface area contributed by atoms with Gasteiger partial charge in [0.15, 0.2) is 0 Å². The quantitative estimate of drug-likeness (QED) is 0.307. The van der Waals surface area contributed by atoms with Crippen LogP contribution in [0.1, 0.15) is 27.2 Å². The lowest BCUT2D eigenvalue weighted by Crippen LogP contribution is -3.00. The largest absolute Gasteiger partial charge is 1.00 e. The maximum atomic E-state index is 12.3. The Labute approximate surface area is 219 Å². The van der Waals surface area contributed by atoms with Crippen LogP contribution in [-0.4, -0.2) is 35.0 Å². The average Bonchev–Trinajstić information content (AvgIpc) is 2.79. The van der Waals surface area contributed by atoms with Gasteiger partial charge in [-0.2, -0.15) is 0 Å². The predicted octanol–water partition coefficient (Wildman–Crippen LogP) is 1.35. The van der Waals surface area contributed by atoms with Crippen molar-refractivity contribution in [3.8, 4) is 0 Å². The van der Waals surface area contributed by atoms with E-state index in [4.69, 9.17) is 4.74 Å². The topological polar surface area (TPSA) is 75.6 Å². The monoisotopic (exact) mass is 591 g/mol. The molecule has 34 heavy (non-hydrogen) atoms. The molecule has 7 heteroatoms. The van der Waals surface area contributed by atoms with E-state index >= 15 is 0 Å². The molecule has 3 aromatic rings. The van der Waals surface area contributed by atoms with Crippen LogP contribution in [-0.2, 0) is 9.53 Å². The number of carboxylic acids is 1. The van der Waals surface area contributed by atoms with Crippen LogP contribution in [0.2, 0.25) is 0 Å². The molecule has 0 saturated heterocycles. The Morgan fingerprint density at radius 2 is 1.21 bits per heavy atom. The molecule has 0 aliphatic heterocycles. The number of carboxylic acid groups (broad SMARTS) is 1. The first-order chi connectivity index (χ1) is 15.7. The van der Waals surface area contributed by atoms with Gasteiger partial charge in [0.1, 0.15) is 34.8 Å². The van der Waals surface area contributed by atoms with Crippen molar-refractivity contribution < 1.29 is 43.4 Å². The molecule has 0 bridgehead atoms. The number of aliphatic carboxylic acids is 1. The maximum Gasteiger partial charge on any atom is 0.408 e. The maximum absolute atomic E-state index is 12.3. The first-order valence-electron chi connectivity index (χ1n) is 11.0. The van der Waals surface area contributed by atoms with E-state index < -0.39 is 31.0 Å². The average molecular weight is 591 g/mol. The lowest BCUT2D eigenvalue weighted by molar-refractivity contribution is -0.139. The van der Waals surface area contributed by atoms with Crippen molar-refractivity contribution in [2.24, 2.45) is 0 Å². The van der Waals surface area contributed by atoms with Crippen LogP contribution in [0, 0.1) is 0 Å². The van der Waals surface area contributed by atoms with E-state index in [1.807, 2.05) is 54.6 Å². The third-order valence-corrected chi connectivity index (χ3v) is 9.80. The Balaban J connectivity index is 0.00000408. The van der Waals surface area contributed by atoms with Gasteiger partial charge >= 0.3 is 12.1 Å². The summed E-state index contributed by atoms with van der Waals surface area (Å²) in [6, 6.07) is 29.7. The molecule has 0 heterocycles. The summed E-state index contributed by atoms with van der Waals surface area (Å²) in [5.74, 6) is -1.08. The fourth-order valence-corrected chi connectivity index (χ4v) is 8.27. The summed E-state index contributed by atoms with van der Waals surface area (Å²) in [6.45, 7) is 5.25. The van der Waals surface area contributed by atoms with E-state index in [0.29, 0.717) is 6.16 Å². The van der Waals surface area contributed by atoms with Gasteiger partial charge in [0, 0.05) is 6.42 Å². The zero-order valence-electron chi connectivity index (χ0n) is 19.6. The molecule has 0 aliphatic rings. The molecule has 0 aliphatic carbocycles. The predicted molar refractivity (Wildman–Crippen MR) is 135 cm³/mol. The highest BCUT2D eigenvalue weighted by Crippen LogP contribution is 2.55. The summed E-state index contributed by atoms with van der Waals surface area (Å²) in [7, 11) is -2.19. The minimum Gasteiger partial charge on any atom is -1.00 e. The zero-order chi connectivity index (χ0) is 23.9. The number of ether oxygens (including phenoxy) is 1. The van der Waals surface area contributed by atoms with E-state index in [9.17, 15) is 14.7 Å². The fraction of sp³-hybridized carbons (Fsp3) is 0.259. The Morgan fingerprint density at radius 3 is 1.53 bits per heavy atom. The highest BCUT2D eigenvalue weighted by Gasteiger charge is 2.46. The summed E-state index contributed by atoms with van der Waals surface area (Å²) in [5, 5.41) is 15.9. The Morgan fingerprint density at radius 1 is 0.824 bits per heavy atom. The molecule has 5 nitrogen and oxygen atoms in total. The standard InChI is InChI=1S/C27H30NO4P.HI/c1-27(2,3)32-26(31)28-24(25(29)30)19-20-33(21-13-7-4-8-14-21,22-15-9-5-10-16-22)23-17-11-6-12-18-23;/h4-18,24H,19-20H2,1-3H3,(H-,28,29,30,31);1H/t24-;/m0./s1. The number of halogens is 1. The summed E-state index contributed by atoms with van der Waals surface area (Å²) < 4.78 is 5.30. The van der Waals surface area contributed by atoms with Gasteiger partial charge in [-0.1, -0.05) is 54.6 Å². The van der Waals surface area contributed by atoms with Crippen molar-refractivity contribution in [2.75, 3.05) is 6.16 Å². The minimum absolute atomic E-state index is 0. The van der Waals surface area contributed by atoms with Crippen LogP contribution >= 0.6 is 7.26 Å². The van der Waals surface area contributed by atoms with Crippen molar-refractivity contribution in [1.29, 1.82) is 0 Å². The molecule has 0 aromatic heterocycles. The number of benzene rings is 3. The molecule has 1 atom stereocenters. The minimum atomic E-state index is -2.19. The summed E-state index contributed by atoms with van der Waals surface area (Å²) >= 11 is 0. The number of carbonyl (C=O) groups excluding carboxylic acids is 1. The highest BCUT2D eigenvalue weighted by atomic mass is 127. The Bertz CT molecular complexity index is 960. The SMILES string of the molecule is CC(C)(C)OC(=O)N[C@@H](CC[P+](c1ccccc1)(c1ccccc1)c1ccccc1)C(=O)O.[I-]. The second kappa shape index (κ2) is 12.3. The van der Waals surface area contributed by atoms with Crippen LogP contribution in [0.15, 0.2) is 91.0 Å². The molecule has 2 N–H and O–H groups in total. The van der Waals surface area contributed by atoms with Gasteiger partial charge in [-0.25, -0.2) is 9.59 Å². The summed E-state index contributed by atoms with van der Waals surface area (Å²) in [6.07, 6.45) is 0.122. The lowest BCUT2D eigenvalue weighted by atomic mass is 10.2. The lowest BCUT2D eigenvalue weighted by Gasteiger charge is -2.29. The van der Waals surface area contributed by atoms with Gasteiger partial charge in [0.2, 0.25) is 0 Å². The third kappa shape index (κ3) is 7.03. The first-order valence-corrected chi connectivity index (χ1v) is 13.0. The molecule has 0 saturated carbocycles. The van der Waals surface area contributed by atoms with E-state index in [2.05, 4.69) is 41.7 Å². The van der Waals surface area contributed by atoms with Gasteiger partial charge in [-0.3, -0.25) is 0 Å². The van der Waals surface area contributed by atoms with E-state index in [0.717, 1.165) is 0 Å². The molecule has 3 aromatic carbocycles. The number of alkyl carbamates (subject to hydrolysis) is 1. The number of hydrogen-bond acceptors (Lipinski definition) is 3. The number of rotatable bonds is 8. The van der Waals surface area contributed by atoms with E-state index in [-0.39, 0.29) is 30.4 Å². The summed E-state index contributed by atoms with van der Waals surface area (Å²) in [4.78, 5) is 24.4. The van der Waals surface area contributed by atoms with Gasteiger partial charge in [-0.05, 0) is 57.2 Å². The second-order valence-electron chi connectivity index (χ2n) is 8.87. The van der Waals surface area contributed by atoms with E-state index in [1.165, 1.54) is 15.9 Å². The van der Waals surface area contributed by atoms with Crippen molar-refractivity contribution in [2.45, 2.75) is 38.8 Å². The summed E-state index contributed by atoms with van der Waals surface area (Å²) in [5.41, 5.74) is -0.706. The van der Waals surface area contributed by atoms with Gasteiger partial charge in [0.25, 0.3) is 0 Å². The Hall–Kier alpha value is -2.44. The molecule has 0 radical (unpaired) electrons. The van der Waals surface area contributed by atoms with Gasteiger partial charge in [-0.15, -0.1) is 0 Å².